The summed E-state index contributed by atoms with van der Waals surface area (Å²) in [6.45, 7) is 0. The van der Waals surface area contributed by atoms with Gasteiger partial charge in [-0.15, -0.1) is 0 Å². The Kier molecular flexibility index (Phi) is 2.77. The molecule has 2 heterocycles. The smallest absolute Gasteiger partial charge is 0.327 e. The molecule has 0 saturated heterocycles. The molecule has 1 aromatic carbocycles. The summed E-state index contributed by atoms with van der Waals surface area (Å²) in [7, 11) is 0. The zero-order valence-electron chi connectivity index (χ0n) is 10.7. The molecule has 0 atom stereocenters. The van der Waals surface area contributed by atoms with Crippen molar-refractivity contribution in [2.75, 3.05) is 5.73 Å². The molecular weight excluding hydrogens is 270 g/mol. The second-order valence-corrected chi connectivity index (χ2v) is 4.36. The monoisotopic (exact) mass is 279 g/mol. The fourth-order valence-electron chi connectivity index (χ4n) is 2.23. The predicted octanol–water partition coefficient (Wildman–Crippen LogP) is 0.732. The van der Waals surface area contributed by atoms with E-state index in [2.05, 4.69) is 15.0 Å². The van der Waals surface area contributed by atoms with Gasteiger partial charge in [0.15, 0.2) is 0 Å². The van der Waals surface area contributed by atoms with E-state index < -0.39 is 11.2 Å². The van der Waals surface area contributed by atoms with E-state index >= 15 is 0 Å². The van der Waals surface area contributed by atoms with Crippen LogP contribution in [0, 0.1) is 11.3 Å². The van der Waals surface area contributed by atoms with Crippen molar-refractivity contribution in [3.05, 3.63) is 56.7 Å². The minimum absolute atomic E-state index is 0.0369. The Balaban J connectivity index is 2.60. The van der Waals surface area contributed by atoms with E-state index in [0.717, 1.165) is 0 Å². The van der Waals surface area contributed by atoms with Crippen molar-refractivity contribution in [3.63, 3.8) is 0 Å². The van der Waals surface area contributed by atoms with Crippen LogP contribution in [-0.2, 0) is 0 Å². The number of aromatic amines is 2. The second kappa shape index (κ2) is 4.61. The summed E-state index contributed by atoms with van der Waals surface area (Å²) >= 11 is 0. The first kappa shape index (κ1) is 12.6. The molecule has 7 heteroatoms. The molecule has 2 aromatic heterocycles. The van der Waals surface area contributed by atoms with Crippen LogP contribution in [0.15, 0.2) is 39.9 Å². The molecule has 0 bridgehead atoms. The first-order chi connectivity index (χ1) is 10.1. The van der Waals surface area contributed by atoms with Crippen LogP contribution in [0.25, 0.3) is 22.2 Å². The minimum atomic E-state index is -0.678. The summed E-state index contributed by atoms with van der Waals surface area (Å²) < 4.78 is 0. The average molecular weight is 279 g/mol. The van der Waals surface area contributed by atoms with Gasteiger partial charge < -0.3 is 5.73 Å². The van der Waals surface area contributed by atoms with Crippen molar-refractivity contribution < 1.29 is 0 Å². The number of pyridine rings is 1. The first-order valence-electron chi connectivity index (χ1n) is 6.03. The van der Waals surface area contributed by atoms with Gasteiger partial charge in [0.05, 0.1) is 5.39 Å². The molecule has 0 saturated carbocycles. The molecule has 0 fully saturated rings. The highest BCUT2D eigenvalue weighted by Crippen LogP contribution is 2.30. The number of hydrogen-bond acceptors (Lipinski definition) is 5. The van der Waals surface area contributed by atoms with E-state index in [9.17, 15) is 14.9 Å². The summed E-state index contributed by atoms with van der Waals surface area (Å²) in [5.41, 5.74) is 5.64. The number of nitrogen functional groups attached to an aromatic ring is 1. The van der Waals surface area contributed by atoms with Gasteiger partial charge in [-0.25, -0.2) is 9.78 Å². The van der Waals surface area contributed by atoms with Crippen LogP contribution in [0.5, 0.6) is 0 Å². The lowest BCUT2D eigenvalue weighted by Crippen LogP contribution is -2.23. The number of H-pyrrole nitrogens is 2. The molecule has 0 aliphatic rings. The molecule has 0 spiro atoms. The maximum atomic E-state index is 12.1. The number of nitrogens with one attached hydrogen (secondary N) is 2. The van der Waals surface area contributed by atoms with Gasteiger partial charge in [-0.1, -0.05) is 30.3 Å². The van der Waals surface area contributed by atoms with Gasteiger partial charge in [0.2, 0.25) is 0 Å². The lowest BCUT2D eigenvalue weighted by Gasteiger charge is -2.09. The molecular formula is C14H9N5O2. The van der Waals surface area contributed by atoms with Gasteiger partial charge in [-0.2, -0.15) is 5.26 Å². The number of anilines is 1. The van der Waals surface area contributed by atoms with E-state index in [1.165, 1.54) is 0 Å². The Morgan fingerprint density at radius 2 is 1.86 bits per heavy atom. The molecule has 7 nitrogen and oxygen atoms in total. The van der Waals surface area contributed by atoms with Gasteiger partial charge in [0.25, 0.3) is 5.56 Å². The van der Waals surface area contributed by atoms with Crippen LogP contribution in [0.4, 0.5) is 5.82 Å². The van der Waals surface area contributed by atoms with Crippen LogP contribution in [-0.4, -0.2) is 15.0 Å². The van der Waals surface area contributed by atoms with Crippen LogP contribution >= 0.6 is 0 Å². The van der Waals surface area contributed by atoms with Crippen molar-refractivity contribution in [1.82, 2.24) is 15.0 Å². The number of nitriles is 1. The van der Waals surface area contributed by atoms with Crippen molar-refractivity contribution >= 4 is 16.9 Å². The molecule has 0 amide bonds. The van der Waals surface area contributed by atoms with E-state index in [1.54, 1.807) is 24.3 Å². The van der Waals surface area contributed by atoms with Crippen LogP contribution in [0.1, 0.15) is 5.56 Å². The quantitative estimate of drug-likeness (QED) is 0.605. The molecule has 0 aliphatic heterocycles. The van der Waals surface area contributed by atoms with Crippen LogP contribution in [0.3, 0.4) is 0 Å². The maximum absolute atomic E-state index is 12.1. The van der Waals surface area contributed by atoms with Gasteiger partial charge in [-0.3, -0.25) is 14.8 Å². The number of benzene rings is 1. The Labute approximate surface area is 117 Å². The molecule has 4 N–H and O–H groups in total. The lowest BCUT2D eigenvalue weighted by molar-refractivity contribution is 1.06. The normalized spacial score (nSPS) is 10.4. The molecule has 3 rings (SSSR count). The molecule has 0 aliphatic carbocycles. The number of rotatable bonds is 1. The fourth-order valence-corrected chi connectivity index (χ4v) is 2.23. The molecule has 0 radical (unpaired) electrons. The van der Waals surface area contributed by atoms with Crippen molar-refractivity contribution in [1.29, 1.82) is 5.26 Å². The van der Waals surface area contributed by atoms with Gasteiger partial charge in [-0.05, 0) is 5.56 Å². The second-order valence-electron chi connectivity index (χ2n) is 4.36. The average Bonchev–Trinajstić information content (AvgIpc) is 2.46. The Morgan fingerprint density at radius 1 is 1.14 bits per heavy atom. The highest BCUT2D eigenvalue weighted by atomic mass is 16.2. The third-order valence-electron chi connectivity index (χ3n) is 3.09. The van der Waals surface area contributed by atoms with Gasteiger partial charge >= 0.3 is 5.69 Å². The van der Waals surface area contributed by atoms with E-state index in [4.69, 9.17) is 5.73 Å². The Morgan fingerprint density at radius 3 is 2.52 bits per heavy atom. The molecule has 102 valence electrons. The number of hydrogen-bond donors (Lipinski definition) is 3. The zero-order chi connectivity index (χ0) is 15.0. The van der Waals surface area contributed by atoms with Crippen molar-refractivity contribution in [2.24, 2.45) is 0 Å². The number of nitrogens with two attached hydrogens (primary N) is 1. The fraction of sp³-hybridized carbons (Fsp3) is 0. The minimum Gasteiger partial charge on any atom is -0.383 e. The highest BCUT2D eigenvalue weighted by Gasteiger charge is 2.18. The Hall–Kier alpha value is -3.40. The van der Waals surface area contributed by atoms with Crippen LogP contribution < -0.4 is 17.0 Å². The van der Waals surface area contributed by atoms with E-state index in [0.29, 0.717) is 11.1 Å². The van der Waals surface area contributed by atoms with Crippen LogP contribution in [0.2, 0.25) is 0 Å². The van der Waals surface area contributed by atoms with Gasteiger partial charge in [0.1, 0.15) is 23.1 Å². The molecule has 3 aromatic rings. The Bertz CT molecular complexity index is 996. The summed E-state index contributed by atoms with van der Waals surface area (Å²) in [5, 5.41) is 9.44. The van der Waals surface area contributed by atoms with Crippen molar-refractivity contribution in [3.8, 4) is 17.2 Å². The third kappa shape index (κ3) is 1.95. The summed E-state index contributed by atoms with van der Waals surface area (Å²) in [6.07, 6.45) is 0. The van der Waals surface area contributed by atoms with E-state index in [1.807, 2.05) is 12.1 Å². The summed E-state index contributed by atoms with van der Waals surface area (Å²) in [4.78, 5) is 32.0. The highest BCUT2D eigenvalue weighted by molar-refractivity contribution is 5.97. The summed E-state index contributed by atoms with van der Waals surface area (Å²) in [6, 6.07) is 10.8. The SMILES string of the molecule is N#Cc1c(N)nc2[nH]c(=O)[nH]c(=O)c2c1-c1ccccc1. The number of nitrogens with zero attached hydrogens (tertiary/aromatic N) is 2. The van der Waals surface area contributed by atoms with E-state index in [-0.39, 0.29) is 22.4 Å². The topological polar surface area (TPSA) is 128 Å². The third-order valence-corrected chi connectivity index (χ3v) is 3.09. The lowest BCUT2D eigenvalue weighted by atomic mass is 9.98. The first-order valence-corrected chi connectivity index (χ1v) is 6.03. The standard InChI is InChI=1S/C14H9N5O2/c15-6-8-9(7-4-2-1-3-5-7)10-12(17-11(8)16)18-14(21)19-13(10)20/h1-5H,(H4,16,17,18,19,20,21). The molecule has 21 heavy (non-hydrogen) atoms. The van der Waals surface area contributed by atoms with Crippen molar-refractivity contribution in [2.45, 2.75) is 0 Å². The largest absolute Gasteiger partial charge is 0.383 e. The predicted molar refractivity (Wildman–Crippen MR) is 77.5 cm³/mol. The zero-order valence-corrected chi connectivity index (χ0v) is 10.7. The summed E-state index contributed by atoms with van der Waals surface area (Å²) in [5.74, 6) is -0.0369. The maximum Gasteiger partial charge on any atom is 0.327 e. The number of fused-ring (bicyclic) bond motifs is 1. The molecule has 0 unspecified atom stereocenters. The van der Waals surface area contributed by atoms with Gasteiger partial charge in [0, 0.05) is 5.56 Å². The number of aromatic nitrogens is 3.